The van der Waals surface area contributed by atoms with Crippen LogP contribution in [0, 0.1) is 5.92 Å². The van der Waals surface area contributed by atoms with E-state index in [-0.39, 0.29) is 5.95 Å². The Hall–Kier alpha value is -1.07. The summed E-state index contributed by atoms with van der Waals surface area (Å²) in [4.78, 5) is 10.7. The lowest BCUT2D eigenvalue weighted by atomic mass is 9.88. The van der Waals surface area contributed by atoms with E-state index in [1.807, 2.05) is 0 Å². The average molecular weight is 324 g/mol. The van der Waals surface area contributed by atoms with Crippen LogP contribution in [0.5, 0.6) is 0 Å². The Kier molecular flexibility index (Phi) is 5.37. The summed E-state index contributed by atoms with van der Waals surface area (Å²) in [5.74, 6) is 1.90. The number of nitrogens with one attached hydrogen (secondary N) is 1. The SMILES string of the molecule is Nc1nc(Cl)cc(NC2CCN(CC3CCCCC3)CC2)n1. The lowest BCUT2D eigenvalue weighted by Gasteiger charge is -2.35. The Morgan fingerprint density at radius 3 is 2.55 bits per heavy atom. The van der Waals surface area contributed by atoms with Crippen molar-refractivity contribution in [3.63, 3.8) is 0 Å². The van der Waals surface area contributed by atoms with Crippen LogP contribution in [0.1, 0.15) is 44.9 Å². The third kappa shape index (κ3) is 4.46. The van der Waals surface area contributed by atoms with Crippen molar-refractivity contribution in [1.82, 2.24) is 14.9 Å². The Morgan fingerprint density at radius 1 is 1.14 bits per heavy atom. The summed E-state index contributed by atoms with van der Waals surface area (Å²) in [6, 6.07) is 2.19. The minimum absolute atomic E-state index is 0.227. The molecule has 0 atom stereocenters. The number of halogens is 1. The highest BCUT2D eigenvalue weighted by Gasteiger charge is 2.23. The van der Waals surface area contributed by atoms with E-state index in [4.69, 9.17) is 17.3 Å². The molecule has 1 saturated heterocycles. The monoisotopic (exact) mass is 323 g/mol. The second kappa shape index (κ2) is 7.47. The van der Waals surface area contributed by atoms with Crippen molar-refractivity contribution in [2.45, 2.75) is 51.0 Å². The number of hydrogen-bond acceptors (Lipinski definition) is 5. The Morgan fingerprint density at radius 2 is 1.86 bits per heavy atom. The van der Waals surface area contributed by atoms with Crippen LogP contribution in [-0.4, -0.2) is 40.5 Å². The number of likely N-dealkylation sites (tertiary alicyclic amines) is 1. The van der Waals surface area contributed by atoms with Crippen molar-refractivity contribution in [3.8, 4) is 0 Å². The second-order valence-electron chi connectivity index (χ2n) is 6.66. The molecule has 0 amide bonds. The first kappa shape index (κ1) is 15.8. The molecule has 1 aliphatic heterocycles. The molecule has 6 heteroatoms. The first-order chi connectivity index (χ1) is 10.7. The van der Waals surface area contributed by atoms with Gasteiger partial charge in [-0.2, -0.15) is 4.98 Å². The molecule has 122 valence electrons. The molecule has 22 heavy (non-hydrogen) atoms. The minimum Gasteiger partial charge on any atom is -0.368 e. The standard InChI is InChI=1S/C16H26ClN5/c17-14-10-15(21-16(18)20-14)19-13-6-8-22(9-7-13)11-12-4-2-1-3-5-12/h10,12-13H,1-9,11H2,(H3,18,19,20,21). The molecule has 1 aromatic heterocycles. The van der Waals surface area contributed by atoms with Gasteiger partial charge in [-0.1, -0.05) is 30.9 Å². The maximum absolute atomic E-state index is 5.92. The van der Waals surface area contributed by atoms with Gasteiger partial charge >= 0.3 is 0 Å². The molecular weight excluding hydrogens is 298 g/mol. The third-order valence-electron chi connectivity index (χ3n) is 4.89. The van der Waals surface area contributed by atoms with E-state index in [1.54, 1.807) is 6.07 Å². The predicted octanol–water partition coefficient (Wildman–Crippen LogP) is 3.17. The number of rotatable bonds is 4. The molecular formula is C16H26ClN5. The summed E-state index contributed by atoms with van der Waals surface area (Å²) in [5, 5.41) is 3.84. The molecule has 3 rings (SSSR count). The summed E-state index contributed by atoms with van der Waals surface area (Å²) < 4.78 is 0. The number of piperidine rings is 1. The number of nitrogens with two attached hydrogens (primary N) is 1. The van der Waals surface area contributed by atoms with Gasteiger partial charge in [0.15, 0.2) is 0 Å². The van der Waals surface area contributed by atoms with Gasteiger partial charge in [0, 0.05) is 31.7 Å². The molecule has 1 aromatic rings. The zero-order chi connectivity index (χ0) is 15.4. The minimum atomic E-state index is 0.227. The van der Waals surface area contributed by atoms with E-state index in [0.717, 1.165) is 24.6 Å². The van der Waals surface area contributed by atoms with Crippen molar-refractivity contribution in [2.75, 3.05) is 30.7 Å². The largest absolute Gasteiger partial charge is 0.368 e. The summed E-state index contributed by atoms with van der Waals surface area (Å²) in [6.45, 7) is 3.63. The average Bonchev–Trinajstić information content (AvgIpc) is 2.49. The number of nitrogens with zero attached hydrogens (tertiary/aromatic N) is 3. The lowest BCUT2D eigenvalue weighted by molar-refractivity contribution is 0.168. The van der Waals surface area contributed by atoms with Crippen molar-refractivity contribution < 1.29 is 0 Å². The van der Waals surface area contributed by atoms with Gasteiger partial charge in [0.2, 0.25) is 5.95 Å². The van der Waals surface area contributed by atoms with Gasteiger partial charge in [0.1, 0.15) is 11.0 Å². The van der Waals surface area contributed by atoms with Gasteiger partial charge in [0.05, 0.1) is 0 Å². The van der Waals surface area contributed by atoms with E-state index < -0.39 is 0 Å². The second-order valence-corrected chi connectivity index (χ2v) is 7.04. The van der Waals surface area contributed by atoms with Crippen LogP contribution >= 0.6 is 11.6 Å². The molecule has 2 fully saturated rings. The van der Waals surface area contributed by atoms with Crippen LogP contribution in [0.2, 0.25) is 5.15 Å². The van der Waals surface area contributed by atoms with Crippen LogP contribution in [0.3, 0.4) is 0 Å². The maximum Gasteiger partial charge on any atom is 0.223 e. The predicted molar refractivity (Wildman–Crippen MR) is 91.1 cm³/mol. The quantitative estimate of drug-likeness (QED) is 0.833. The van der Waals surface area contributed by atoms with Crippen molar-refractivity contribution in [2.24, 2.45) is 5.92 Å². The van der Waals surface area contributed by atoms with Crippen LogP contribution in [0.25, 0.3) is 0 Å². The molecule has 0 aromatic carbocycles. The number of anilines is 2. The Balaban J connectivity index is 1.45. The lowest BCUT2D eigenvalue weighted by Crippen LogP contribution is -2.41. The smallest absolute Gasteiger partial charge is 0.223 e. The summed E-state index contributed by atoms with van der Waals surface area (Å²) in [6.07, 6.45) is 9.44. The molecule has 5 nitrogen and oxygen atoms in total. The zero-order valence-electron chi connectivity index (χ0n) is 13.1. The van der Waals surface area contributed by atoms with Crippen molar-refractivity contribution in [3.05, 3.63) is 11.2 Å². The molecule has 1 aliphatic carbocycles. The van der Waals surface area contributed by atoms with Crippen molar-refractivity contribution >= 4 is 23.4 Å². The molecule has 0 radical (unpaired) electrons. The van der Waals surface area contributed by atoms with Crippen LogP contribution in [0.4, 0.5) is 11.8 Å². The molecule has 3 N–H and O–H groups in total. The highest BCUT2D eigenvalue weighted by molar-refractivity contribution is 6.29. The normalized spacial score (nSPS) is 21.9. The summed E-state index contributed by atoms with van der Waals surface area (Å²) in [7, 11) is 0. The van der Waals surface area contributed by atoms with Gasteiger partial charge in [-0.15, -0.1) is 0 Å². The summed E-state index contributed by atoms with van der Waals surface area (Å²) >= 11 is 5.92. The fourth-order valence-corrected chi connectivity index (χ4v) is 3.90. The van der Waals surface area contributed by atoms with E-state index in [2.05, 4.69) is 20.2 Å². The molecule has 2 heterocycles. The number of nitrogen functional groups attached to an aromatic ring is 1. The van der Waals surface area contributed by atoms with Gasteiger partial charge in [-0.25, -0.2) is 4.98 Å². The molecule has 0 unspecified atom stereocenters. The van der Waals surface area contributed by atoms with E-state index in [0.29, 0.717) is 11.2 Å². The molecule has 2 aliphatic rings. The van der Waals surface area contributed by atoms with Crippen LogP contribution < -0.4 is 11.1 Å². The number of hydrogen-bond donors (Lipinski definition) is 2. The zero-order valence-corrected chi connectivity index (χ0v) is 13.9. The molecule has 0 spiro atoms. The molecule has 1 saturated carbocycles. The highest BCUT2D eigenvalue weighted by atomic mass is 35.5. The Labute approximate surface area is 137 Å². The van der Waals surface area contributed by atoms with Gasteiger partial charge in [0.25, 0.3) is 0 Å². The first-order valence-electron chi connectivity index (χ1n) is 8.48. The molecule has 0 bridgehead atoms. The maximum atomic E-state index is 5.92. The Bertz CT molecular complexity index is 461. The van der Waals surface area contributed by atoms with Crippen LogP contribution in [-0.2, 0) is 0 Å². The van der Waals surface area contributed by atoms with E-state index >= 15 is 0 Å². The fourth-order valence-electron chi connectivity index (χ4n) is 3.71. The van der Waals surface area contributed by atoms with Gasteiger partial charge in [-0.05, 0) is 31.6 Å². The fraction of sp³-hybridized carbons (Fsp3) is 0.750. The van der Waals surface area contributed by atoms with Gasteiger partial charge in [-0.3, -0.25) is 0 Å². The number of aromatic nitrogens is 2. The third-order valence-corrected chi connectivity index (χ3v) is 5.09. The van der Waals surface area contributed by atoms with E-state index in [1.165, 1.54) is 51.7 Å². The summed E-state index contributed by atoms with van der Waals surface area (Å²) in [5.41, 5.74) is 5.64. The van der Waals surface area contributed by atoms with Gasteiger partial charge < -0.3 is 16.0 Å². The van der Waals surface area contributed by atoms with Crippen molar-refractivity contribution in [1.29, 1.82) is 0 Å². The highest BCUT2D eigenvalue weighted by Crippen LogP contribution is 2.26. The topological polar surface area (TPSA) is 67.1 Å². The van der Waals surface area contributed by atoms with E-state index in [9.17, 15) is 0 Å². The van der Waals surface area contributed by atoms with Crippen LogP contribution in [0.15, 0.2) is 6.07 Å². The first-order valence-corrected chi connectivity index (χ1v) is 8.86.